The Bertz CT molecular complexity index is 862. The van der Waals surface area contributed by atoms with Gasteiger partial charge in [0.2, 0.25) is 11.8 Å². The van der Waals surface area contributed by atoms with Gasteiger partial charge in [0, 0.05) is 17.7 Å². The molecule has 2 aromatic carbocycles. The topological polar surface area (TPSA) is 49.4 Å². The van der Waals surface area contributed by atoms with Crippen molar-refractivity contribution < 1.29 is 14.0 Å². The third-order valence-corrected chi connectivity index (χ3v) is 5.83. The molecule has 1 saturated carbocycles. The van der Waals surface area contributed by atoms with Gasteiger partial charge in [-0.05, 0) is 42.5 Å². The number of hydrogen-bond donors (Lipinski definition) is 1. The molecule has 5 heteroatoms. The van der Waals surface area contributed by atoms with Crippen LogP contribution >= 0.6 is 0 Å². The third-order valence-electron chi connectivity index (χ3n) is 5.83. The number of benzene rings is 2. The molecule has 0 radical (unpaired) electrons. The maximum Gasteiger partial charge on any atom is 0.244 e. The van der Waals surface area contributed by atoms with Gasteiger partial charge in [0.15, 0.2) is 0 Å². The highest BCUT2D eigenvalue weighted by atomic mass is 19.1. The second-order valence-corrected chi connectivity index (χ2v) is 7.82. The number of amides is 2. The van der Waals surface area contributed by atoms with Crippen LogP contribution < -0.4 is 5.32 Å². The number of anilines is 1. The molecule has 1 aliphatic carbocycles. The normalized spacial score (nSPS) is 20.2. The van der Waals surface area contributed by atoms with E-state index >= 15 is 0 Å². The SMILES string of the molecule is O=C1CN(C(=O)CC2CCCCC2)C(c2ccccc2)c2cc(F)ccc2N1. The predicted octanol–water partition coefficient (Wildman–Crippen LogP) is 4.67. The Kier molecular flexibility index (Phi) is 5.42. The van der Waals surface area contributed by atoms with Crippen molar-refractivity contribution in [1.29, 1.82) is 0 Å². The van der Waals surface area contributed by atoms with E-state index in [1.54, 1.807) is 11.0 Å². The van der Waals surface area contributed by atoms with Crippen LogP contribution in [0.3, 0.4) is 0 Å². The lowest BCUT2D eigenvalue weighted by Gasteiger charge is -2.32. The van der Waals surface area contributed by atoms with E-state index in [1.165, 1.54) is 18.6 Å². The van der Waals surface area contributed by atoms with E-state index < -0.39 is 6.04 Å². The largest absolute Gasteiger partial charge is 0.324 e. The molecule has 0 spiro atoms. The van der Waals surface area contributed by atoms with Gasteiger partial charge < -0.3 is 10.2 Å². The van der Waals surface area contributed by atoms with Crippen LogP contribution in [0, 0.1) is 11.7 Å². The first-order chi connectivity index (χ1) is 13.6. The zero-order valence-corrected chi connectivity index (χ0v) is 15.9. The van der Waals surface area contributed by atoms with Crippen LogP contribution in [0.1, 0.15) is 55.7 Å². The Hall–Kier alpha value is -2.69. The van der Waals surface area contributed by atoms with Crippen LogP contribution in [0.2, 0.25) is 0 Å². The Morgan fingerprint density at radius 1 is 1.07 bits per heavy atom. The first-order valence-corrected chi connectivity index (χ1v) is 10.1. The van der Waals surface area contributed by atoms with Gasteiger partial charge in [-0.2, -0.15) is 0 Å². The first-order valence-electron chi connectivity index (χ1n) is 10.1. The van der Waals surface area contributed by atoms with Crippen molar-refractivity contribution in [2.24, 2.45) is 5.92 Å². The number of nitrogens with one attached hydrogen (secondary N) is 1. The lowest BCUT2D eigenvalue weighted by atomic mass is 9.86. The van der Waals surface area contributed by atoms with E-state index in [2.05, 4.69) is 5.32 Å². The molecule has 0 saturated heterocycles. The fraction of sp³-hybridized carbons (Fsp3) is 0.391. The summed E-state index contributed by atoms with van der Waals surface area (Å²) < 4.78 is 14.1. The average molecular weight is 380 g/mol. The van der Waals surface area contributed by atoms with Crippen molar-refractivity contribution in [2.45, 2.75) is 44.6 Å². The van der Waals surface area contributed by atoms with Gasteiger partial charge in [0.05, 0.1) is 6.04 Å². The van der Waals surface area contributed by atoms with Crippen LogP contribution in [0.25, 0.3) is 0 Å². The molecule has 2 aliphatic rings. The summed E-state index contributed by atoms with van der Waals surface area (Å²) in [5.74, 6) is -0.289. The van der Waals surface area contributed by atoms with E-state index in [0.29, 0.717) is 23.6 Å². The summed E-state index contributed by atoms with van der Waals surface area (Å²) in [7, 11) is 0. The Labute approximate surface area is 164 Å². The highest BCUT2D eigenvalue weighted by molar-refractivity contribution is 5.97. The van der Waals surface area contributed by atoms with Crippen molar-refractivity contribution in [2.75, 3.05) is 11.9 Å². The van der Waals surface area contributed by atoms with Crippen molar-refractivity contribution >= 4 is 17.5 Å². The highest BCUT2D eigenvalue weighted by Crippen LogP contribution is 2.37. The number of halogens is 1. The van der Waals surface area contributed by atoms with Gasteiger partial charge in [-0.25, -0.2) is 4.39 Å². The quantitative estimate of drug-likeness (QED) is 0.841. The zero-order valence-electron chi connectivity index (χ0n) is 15.9. The number of fused-ring (bicyclic) bond motifs is 1. The van der Waals surface area contributed by atoms with Crippen LogP contribution in [-0.2, 0) is 9.59 Å². The molecule has 1 aliphatic heterocycles. The maximum atomic E-state index is 14.1. The number of carbonyl (C=O) groups excluding carboxylic acids is 2. The minimum atomic E-state index is -0.484. The van der Waals surface area contributed by atoms with E-state index in [-0.39, 0.29) is 24.2 Å². The molecule has 1 heterocycles. The monoisotopic (exact) mass is 380 g/mol. The summed E-state index contributed by atoms with van der Waals surface area (Å²) in [6.07, 6.45) is 6.13. The highest BCUT2D eigenvalue weighted by Gasteiger charge is 2.34. The summed E-state index contributed by atoms with van der Waals surface area (Å²) in [5, 5.41) is 2.84. The van der Waals surface area contributed by atoms with Crippen LogP contribution in [0.15, 0.2) is 48.5 Å². The first kappa shape index (κ1) is 18.7. The Balaban J connectivity index is 1.73. The summed E-state index contributed by atoms with van der Waals surface area (Å²) in [5.41, 5.74) is 2.06. The molecule has 1 N–H and O–H groups in total. The second-order valence-electron chi connectivity index (χ2n) is 7.82. The summed E-state index contributed by atoms with van der Waals surface area (Å²) in [6.45, 7) is -0.0264. The summed E-state index contributed by atoms with van der Waals surface area (Å²) in [6, 6.07) is 13.4. The second kappa shape index (κ2) is 8.13. The van der Waals surface area contributed by atoms with Crippen molar-refractivity contribution in [1.82, 2.24) is 4.90 Å². The lowest BCUT2D eigenvalue weighted by molar-refractivity contribution is -0.137. The molecule has 4 nitrogen and oxygen atoms in total. The van der Waals surface area contributed by atoms with Crippen molar-refractivity contribution in [3.63, 3.8) is 0 Å². The fourth-order valence-corrected chi connectivity index (χ4v) is 4.46. The van der Waals surface area contributed by atoms with Crippen molar-refractivity contribution in [3.05, 3.63) is 65.5 Å². The number of rotatable bonds is 3. The predicted molar refractivity (Wildman–Crippen MR) is 106 cm³/mol. The molecule has 2 aromatic rings. The standard InChI is InChI=1S/C23H25FN2O2/c24-18-11-12-20-19(14-18)23(17-9-5-2-6-10-17)26(15-21(27)25-20)22(28)13-16-7-3-1-4-8-16/h2,5-6,9-12,14,16,23H,1,3-4,7-8,13,15H2,(H,25,27). The third kappa shape index (κ3) is 3.93. The Morgan fingerprint density at radius 3 is 2.57 bits per heavy atom. The molecule has 1 atom stereocenters. The van der Waals surface area contributed by atoms with Gasteiger partial charge in [0.1, 0.15) is 12.4 Å². The molecule has 2 amide bonds. The van der Waals surface area contributed by atoms with E-state index in [0.717, 1.165) is 31.2 Å². The van der Waals surface area contributed by atoms with E-state index in [1.807, 2.05) is 30.3 Å². The minimum Gasteiger partial charge on any atom is -0.324 e. The number of carbonyl (C=O) groups is 2. The van der Waals surface area contributed by atoms with Crippen LogP contribution in [0.4, 0.5) is 10.1 Å². The van der Waals surface area contributed by atoms with Crippen LogP contribution in [-0.4, -0.2) is 23.3 Å². The Morgan fingerprint density at radius 2 is 1.82 bits per heavy atom. The summed E-state index contributed by atoms with van der Waals surface area (Å²) in [4.78, 5) is 27.4. The van der Waals surface area contributed by atoms with E-state index in [4.69, 9.17) is 0 Å². The average Bonchev–Trinajstić information content (AvgIpc) is 2.85. The minimum absolute atomic E-state index is 0.0264. The molecule has 1 unspecified atom stereocenters. The lowest BCUT2D eigenvalue weighted by Crippen LogP contribution is -2.39. The number of hydrogen-bond acceptors (Lipinski definition) is 2. The molecular weight excluding hydrogens is 355 g/mol. The molecule has 0 bridgehead atoms. The van der Waals surface area contributed by atoms with Gasteiger partial charge in [0.25, 0.3) is 0 Å². The van der Waals surface area contributed by atoms with Gasteiger partial charge >= 0.3 is 0 Å². The van der Waals surface area contributed by atoms with Crippen molar-refractivity contribution in [3.8, 4) is 0 Å². The van der Waals surface area contributed by atoms with Gasteiger partial charge in [-0.3, -0.25) is 9.59 Å². The van der Waals surface area contributed by atoms with Gasteiger partial charge in [-0.1, -0.05) is 49.6 Å². The number of nitrogens with zero attached hydrogens (tertiary/aromatic N) is 1. The summed E-state index contributed by atoms with van der Waals surface area (Å²) >= 11 is 0. The molecular formula is C23H25FN2O2. The zero-order chi connectivity index (χ0) is 19.5. The maximum absolute atomic E-state index is 14.1. The van der Waals surface area contributed by atoms with Gasteiger partial charge in [-0.15, -0.1) is 0 Å². The molecule has 4 rings (SSSR count). The van der Waals surface area contributed by atoms with E-state index in [9.17, 15) is 14.0 Å². The fourth-order valence-electron chi connectivity index (χ4n) is 4.46. The molecule has 1 fully saturated rings. The van der Waals surface area contributed by atoms with Crippen LogP contribution in [0.5, 0.6) is 0 Å². The molecule has 146 valence electrons. The smallest absolute Gasteiger partial charge is 0.244 e. The molecule has 28 heavy (non-hydrogen) atoms. The molecule has 0 aromatic heterocycles.